The molecule has 0 aliphatic heterocycles. The van der Waals surface area contributed by atoms with Crippen molar-refractivity contribution < 1.29 is 24.5 Å². The van der Waals surface area contributed by atoms with E-state index in [9.17, 15) is 14.7 Å². The number of benzene rings is 2. The summed E-state index contributed by atoms with van der Waals surface area (Å²) in [4.78, 5) is 27.1. The fourth-order valence-electron chi connectivity index (χ4n) is 2.55. The molecule has 1 amide bonds. The van der Waals surface area contributed by atoms with Crippen molar-refractivity contribution in [2.45, 2.75) is 19.6 Å². The number of fused-ring (bicyclic) bond motifs is 1. The van der Waals surface area contributed by atoms with Gasteiger partial charge in [-0.15, -0.1) is 0 Å². The molecule has 0 aliphatic rings. The van der Waals surface area contributed by atoms with Gasteiger partial charge in [-0.1, -0.05) is 41.9 Å². The third-order valence-corrected chi connectivity index (χ3v) is 4.37. The summed E-state index contributed by atoms with van der Waals surface area (Å²) < 4.78 is 5.74. The zero-order valence-electron chi connectivity index (χ0n) is 14.8. The van der Waals surface area contributed by atoms with Crippen molar-refractivity contribution in [1.82, 2.24) is 10.3 Å². The summed E-state index contributed by atoms with van der Waals surface area (Å²) in [6.45, 7) is 1.63. The minimum atomic E-state index is -1.21. The van der Waals surface area contributed by atoms with Gasteiger partial charge in [0.2, 0.25) is 0 Å². The Labute approximate surface area is 165 Å². The summed E-state index contributed by atoms with van der Waals surface area (Å²) in [6, 6.07) is 13.3. The molecule has 28 heavy (non-hydrogen) atoms. The first-order valence-corrected chi connectivity index (χ1v) is 8.77. The number of ether oxygens (including phenoxy) is 1. The van der Waals surface area contributed by atoms with Crippen LogP contribution in [0.4, 0.5) is 0 Å². The van der Waals surface area contributed by atoms with E-state index in [0.29, 0.717) is 17.7 Å². The molecule has 0 unspecified atom stereocenters. The predicted octanol–water partition coefficient (Wildman–Crippen LogP) is 3.38. The average molecular weight is 401 g/mol. The third kappa shape index (κ3) is 4.15. The number of pyridine rings is 1. The molecule has 0 saturated heterocycles. The molecule has 7 nitrogen and oxygen atoms in total. The number of aliphatic carboxylic acids is 1. The minimum Gasteiger partial charge on any atom is -0.505 e. The molecule has 144 valence electrons. The Bertz CT molecular complexity index is 1040. The van der Waals surface area contributed by atoms with Gasteiger partial charge in [-0.05, 0) is 30.7 Å². The van der Waals surface area contributed by atoms with Gasteiger partial charge in [0.15, 0.2) is 11.4 Å². The molecule has 8 heteroatoms. The van der Waals surface area contributed by atoms with Crippen LogP contribution >= 0.6 is 11.6 Å². The highest BCUT2D eigenvalue weighted by Crippen LogP contribution is 2.34. The van der Waals surface area contributed by atoms with Crippen molar-refractivity contribution in [2.75, 3.05) is 0 Å². The van der Waals surface area contributed by atoms with Crippen LogP contribution in [0.25, 0.3) is 10.8 Å². The second kappa shape index (κ2) is 8.14. The normalized spacial score (nSPS) is 11.8. The first-order chi connectivity index (χ1) is 13.4. The average Bonchev–Trinajstić information content (AvgIpc) is 2.69. The maximum absolute atomic E-state index is 12.3. The van der Waals surface area contributed by atoms with Gasteiger partial charge in [0.1, 0.15) is 23.6 Å². The van der Waals surface area contributed by atoms with Gasteiger partial charge >= 0.3 is 5.97 Å². The molecule has 1 aromatic heterocycles. The minimum absolute atomic E-state index is 0.00976. The van der Waals surface area contributed by atoms with Crippen LogP contribution in [0, 0.1) is 0 Å². The van der Waals surface area contributed by atoms with Gasteiger partial charge in [-0.3, -0.25) is 9.59 Å². The summed E-state index contributed by atoms with van der Waals surface area (Å²) in [5.74, 6) is -1.98. The lowest BCUT2D eigenvalue weighted by Gasteiger charge is -2.13. The standard InChI is InChI=1S/C20H17ClN2O5/c1-11(20(26)27)22-19(25)16-17(24)15-9-13(7-8-14(15)18(21)23-16)28-10-12-5-3-2-4-6-12/h2-9,11,24H,10H2,1H3,(H,22,25)(H,26,27)/t11-/m0/s1. The molecule has 0 aliphatic carbocycles. The quantitative estimate of drug-likeness (QED) is 0.547. The van der Waals surface area contributed by atoms with Crippen LogP contribution in [0.1, 0.15) is 23.0 Å². The fourth-order valence-corrected chi connectivity index (χ4v) is 2.80. The Hall–Kier alpha value is -3.32. The number of aromatic hydroxyl groups is 1. The molecule has 2 aromatic carbocycles. The molecular weight excluding hydrogens is 384 g/mol. The van der Waals surface area contributed by atoms with Crippen LogP contribution in [0.3, 0.4) is 0 Å². The number of amides is 1. The van der Waals surface area contributed by atoms with Crippen molar-refractivity contribution in [3.63, 3.8) is 0 Å². The number of carboxylic acid groups (broad SMARTS) is 1. The van der Waals surface area contributed by atoms with Crippen molar-refractivity contribution >= 4 is 34.2 Å². The van der Waals surface area contributed by atoms with E-state index in [1.807, 2.05) is 30.3 Å². The molecule has 0 fully saturated rings. The van der Waals surface area contributed by atoms with E-state index in [-0.39, 0.29) is 16.2 Å². The first-order valence-electron chi connectivity index (χ1n) is 8.39. The number of aromatic nitrogens is 1. The summed E-state index contributed by atoms with van der Waals surface area (Å²) in [5.41, 5.74) is 0.619. The van der Waals surface area contributed by atoms with Crippen LogP contribution in [0.2, 0.25) is 5.15 Å². The van der Waals surface area contributed by atoms with Crippen LogP contribution < -0.4 is 10.1 Å². The SMILES string of the molecule is C[C@H](NC(=O)c1nc(Cl)c2ccc(OCc3ccccc3)cc2c1O)C(=O)O. The number of hydrogen-bond acceptors (Lipinski definition) is 5. The Morgan fingerprint density at radius 1 is 1.18 bits per heavy atom. The van der Waals surface area contributed by atoms with Crippen molar-refractivity contribution in [2.24, 2.45) is 0 Å². The molecule has 3 rings (SSSR count). The maximum atomic E-state index is 12.3. The van der Waals surface area contributed by atoms with Gasteiger partial charge in [0.25, 0.3) is 5.91 Å². The number of halogens is 1. The van der Waals surface area contributed by atoms with E-state index in [1.54, 1.807) is 18.2 Å². The molecule has 0 bridgehead atoms. The van der Waals surface area contributed by atoms with E-state index in [0.717, 1.165) is 5.56 Å². The lowest BCUT2D eigenvalue weighted by Crippen LogP contribution is -2.38. The summed E-state index contributed by atoms with van der Waals surface area (Å²) in [5, 5.41) is 22.4. The predicted molar refractivity (Wildman–Crippen MR) is 104 cm³/mol. The lowest BCUT2D eigenvalue weighted by molar-refractivity contribution is -0.138. The number of nitrogens with one attached hydrogen (secondary N) is 1. The van der Waals surface area contributed by atoms with E-state index in [4.69, 9.17) is 21.4 Å². The van der Waals surface area contributed by atoms with E-state index in [1.165, 1.54) is 6.92 Å². The number of nitrogens with zero attached hydrogens (tertiary/aromatic N) is 1. The highest BCUT2D eigenvalue weighted by Gasteiger charge is 2.22. The molecule has 1 heterocycles. The van der Waals surface area contributed by atoms with Crippen LogP contribution in [0.5, 0.6) is 11.5 Å². The fraction of sp³-hybridized carbons (Fsp3) is 0.150. The van der Waals surface area contributed by atoms with Gasteiger partial charge < -0.3 is 20.3 Å². The Morgan fingerprint density at radius 2 is 1.89 bits per heavy atom. The Kier molecular flexibility index (Phi) is 5.65. The van der Waals surface area contributed by atoms with Gasteiger partial charge in [0.05, 0.1) is 0 Å². The van der Waals surface area contributed by atoms with E-state index in [2.05, 4.69) is 10.3 Å². The van der Waals surface area contributed by atoms with Gasteiger partial charge in [-0.25, -0.2) is 4.98 Å². The first kappa shape index (κ1) is 19.4. The monoisotopic (exact) mass is 400 g/mol. The largest absolute Gasteiger partial charge is 0.505 e. The van der Waals surface area contributed by atoms with Crippen LogP contribution in [-0.4, -0.2) is 33.1 Å². The molecule has 0 saturated carbocycles. The number of carbonyl (C=O) groups excluding carboxylic acids is 1. The zero-order valence-corrected chi connectivity index (χ0v) is 15.6. The summed E-state index contributed by atoms with van der Waals surface area (Å²) in [6.07, 6.45) is 0. The topological polar surface area (TPSA) is 109 Å². The van der Waals surface area contributed by atoms with Gasteiger partial charge in [-0.2, -0.15) is 0 Å². The second-order valence-electron chi connectivity index (χ2n) is 6.11. The third-order valence-electron chi connectivity index (χ3n) is 4.08. The zero-order chi connectivity index (χ0) is 20.3. The highest BCUT2D eigenvalue weighted by molar-refractivity contribution is 6.35. The van der Waals surface area contributed by atoms with Crippen molar-refractivity contribution in [3.05, 3.63) is 64.9 Å². The second-order valence-corrected chi connectivity index (χ2v) is 6.47. The highest BCUT2D eigenvalue weighted by atomic mass is 35.5. The number of rotatable bonds is 6. The number of carboxylic acids is 1. The Balaban J connectivity index is 1.92. The Morgan fingerprint density at radius 3 is 2.57 bits per heavy atom. The molecular formula is C20H17ClN2O5. The van der Waals surface area contributed by atoms with Gasteiger partial charge in [0, 0.05) is 10.8 Å². The molecule has 3 aromatic rings. The summed E-state index contributed by atoms with van der Waals surface area (Å²) in [7, 11) is 0. The van der Waals surface area contributed by atoms with Crippen LogP contribution in [0.15, 0.2) is 48.5 Å². The van der Waals surface area contributed by atoms with Crippen LogP contribution in [-0.2, 0) is 11.4 Å². The molecule has 0 spiro atoms. The van der Waals surface area contributed by atoms with Crippen molar-refractivity contribution in [3.8, 4) is 11.5 Å². The van der Waals surface area contributed by atoms with E-state index < -0.39 is 23.7 Å². The lowest BCUT2D eigenvalue weighted by atomic mass is 10.1. The molecule has 0 radical (unpaired) electrons. The van der Waals surface area contributed by atoms with E-state index >= 15 is 0 Å². The number of hydrogen-bond donors (Lipinski definition) is 3. The smallest absolute Gasteiger partial charge is 0.325 e. The maximum Gasteiger partial charge on any atom is 0.325 e. The molecule has 3 N–H and O–H groups in total. The summed E-state index contributed by atoms with van der Waals surface area (Å²) >= 11 is 6.14. The molecule has 1 atom stereocenters. The number of carbonyl (C=O) groups is 2. The van der Waals surface area contributed by atoms with Crippen molar-refractivity contribution in [1.29, 1.82) is 0 Å².